The average Bonchev–Trinajstić information content (AvgIpc) is 2.97. The molecule has 1 aromatic rings. The van der Waals surface area contributed by atoms with Gasteiger partial charge in [0, 0.05) is 6.92 Å². The minimum absolute atomic E-state index is 0.0379. The van der Waals surface area contributed by atoms with Gasteiger partial charge >= 0.3 is 5.97 Å². The van der Waals surface area contributed by atoms with E-state index in [4.69, 9.17) is 9.47 Å². The first-order chi connectivity index (χ1) is 10.2. The van der Waals surface area contributed by atoms with Gasteiger partial charge in [-0.15, -0.1) is 0 Å². The molecular formula is C18H26O3. The number of esters is 1. The van der Waals surface area contributed by atoms with Crippen molar-refractivity contribution in [3.05, 3.63) is 35.9 Å². The highest BCUT2D eigenvalue weighted by molar-refractivity contribution is 5.66. The molecule has 0 aromatic heterocycles. The van der Waals surface area contributed by atoms with Crippen LogP contribution in [-0.2, 0) is 14.3 Å². The summed E-state index contributed by atoms with van der Waals surface area (Å²) in [6, 6.07) is 10.3. The molecule has 1 heterocycles. The van der Waals surface area contributed by atoms with Crippen LogP contribution in [0, 0.1) is 0 Å². The minimum atomic E-state index is -0.205. The second-order valence-corrected chi connectivity index (χ2v) is 5.79. The van der Waals surface area contributed by atoms with Crippen LogP contribution < -0.4 is 0 Å². The summed E-state index contributed by atoms with van der Waals surface area (Å²) in [5, 5.41) is 0. The largest absolute Gasteiger partial charge is 0.460 e. The maximum atomic E-state index is 11.3. The number of carbonyl (C=O) groups excluding carboxylic acids is 1. The van der Waals surface area contributed by atoms with Crippen molar-refractivity contribution in [3.8, 4) is 0 Å². The second-order valence-electron chi connectivity index (χ2n) is 5.79. The van der Waals surface area contributed by atoms with Crippen molar-refractivity contribution in [2.75, 3.05) is 0 Å². The number of ether oxygens (including phenoxy) is 2. The van der Waals surface area contributed by atoms with Gasteiger partial charge in [0.2, 0.25) is 0 Å². The van der Waals surface area contributed by atoms with Gasteiger partial charge in [0.15, 0.2) is 0 Å². The van der Waals surface area contributed by atoms with E-state index in [0.29, 0.717) is 0 Å². The van der Waals surface area contributed by atoms with Gasteiger partial charge in [-0.1, -0.05) is 50.1 Å². The van der Waals surface area contributed by atoms with Crippen LogP contribution in [0.5, 0.6) is 0 Å². The number of unbranched alkanes of at least 4 members (excludes halogenated alkanes) is 2. The van der Waals surface area contributed by atoms with E-state index in [1.165, 1.54) is 25.3 Å². The topological polar surface area (TPSA) is 35.5 Å². The molecule has 21 heavy (non-hydrogen) atoms. The van der Waals surface area contributed by atoms with Crippen LogP contribution in [0.3, 0.4) is 0 Å². The summed E-state index contributed by atoms with van der Waals surface area (Å²) >= 11 is 0. The molecule has 3 heteroatoms. The van der Waals surface area contributed by atoms with Crippen LogP contribution in [0.15, 0.2) is 30.3 Å². The summed E-state index contributed by atoms with van der Waals surface area (Å²) in [5.41, 5.74) is 1.22. The average molecular weight is 290 g/mol. The van der Waals surface area contributed by atoms with Crippen molar-refractivity contribution in [1.29, 1.82) is 0 Å². The predicted octanol–water partition coefficient (Wildman–Crippen LogP) is 4.42. The Bertz CT molecular complexity index is 429. The molecule has 1 aromatic carbocycles. The summed E-state index contributed by atoms with van der Waals surface area (Å²) < 4.78 is 11.7. The third-order valence-electron chi connectivity index (χ3n) is 4.05. The third-order valence-corrected chi connectivity index (χ3v) is 4.05. The molecule has 0 amide bonds. The second kappa shape index (κ2) is 8.18. The Morgan fingerprint density at radius 2 is 2.05 bits per heavy atom. The molecule has 116 valence electrons. The van der Waals surface area contributed by atoms with E-state index in [-0.39, 0.29) is 24.3 Å². The molecule has 0 N–H and O–H groups in total. The Kier molecular flexibility index (Phi) is 6.24. The lowest BCUT2D eigenvalue weighted by atomic mass is 10.0. The fraction of sp³-hybridized carbons (Fsp3) is 0.611. The zero-order chi connectivity index (χ0) is 15.1. The third kappa shape index (κ3) is 4.85. The van der Waals surface area contributed by atoms with Gasteiger partial charge in [0.05, 0.1) is 12.2 Å². The van der Waals surface area contributed by atoms with Crippen molar-refractivity contribution >= 4 is 5.97 Å². The summed E-state index contributed by atoms with van der Waals surface area (Å²) in [6.45, 7) is 3.66. The SMILES string of the molecule is CCCCC[C@@H](OC(C)=O)[C@H]1CCC(c2ccccc2)O1. The van der Waals surface area contributed by atoms with Crippen molar-refractivity contribution in [3.63, 3.8) is 0 Å². The number of benzene rings is 1. The Labute approximate surface area is 127 Å². The van der Waals surface area contributed by atoms with Crippen LogP contribution >= 0.6 is 0 Å². The number of hydrogen-bond acceptors (Lipinski definition) is 3. The number of hydrogen-bond donors (Lipinski definition) is 0. The molecule has 0 radical (unpaired) electrons. The number of carbonyl (C=O) groups is 1. The van der Waals surface area contributed by atoms with Crippen molar-refractivity contribution in [2.45, 2.75) is 70.7 Å². The minimum Gasteiger partial charge on any atom is -0.460 e. The van der Waals surface area contributed by atoms with E-state index in [1.807, 2.05) is 18.2 Å². The normalized spacial score (nSPS) is 23.0. The van der Waals surface area contributed by atoms with Crippen molar-refractivity contribution < 1.29 is 14.3 Å². The molecule has 1 saturated heterocycles. The van der Waals surface area contributed by atoms with Crippen molar-refractivity contribution in [2.24, 2.45) is 0 Å². The highest BCUT2D eigenvalue weighted by atomic mass is 16.6. The van der Waals surface area contributed by atoms with E-state index in [9.17, 15) is 4.79 Å². The molecular weight excluding hydrogens is 264 g/mol. The lowest BCUT2D eigenvalue weighted by Crippen LogP contribution is -2.30. The molecule has 3 nitrogen and oxygen atoms in total. The summed E-state index contributed by atoms with van der Waals surface area (Å²) in [6.07, 6.45) is 6.38. The molecule has 0 aliphatic carbocycles. The first kappa shape index (κ1) is 16.0. The quantitative estimate of drug-likeness (QED) is 0.551. The fourth-order valence-electron chi connectivity index (χ4n) is 2.98. The van der Waals surface area contributed by atoms with Gasteiger partial charge in [-0.25, -0.2) is 0 Å². The molecule has 1 fully saturated rings. The molecule has 1 aliphatic heterocycles. The smallest absolute Gasteiger partial charge is 0.302 e. The van der Waals surface area contributed by atoms with E-state index >= 15 is 0 Å². The molecule has 0 spiro atoms. The Balaban J connectivity index is 1.93. The fourth-order valence-corrected chi connectivity index (χ4v) is 2.98. The van der Waals surface area contributed by atoms with Gasteiger partial charge in [-0.05, 0) is 31.2 Å². The summed E-state index contributed by atoms with van der Waals surface area (Å²) in [5.74, 6) is -0.205. The van der Waals surface area contributed by atoms with E-state index < -0.39 is 0 Å². The molecule has 1 aliphatic rings. The standard InChI is InChI=1S/C18H26O3/c1-3-4-6-11-17(20-14(2)19)18-13-12-16(21-18)15-9-7-5-8-10-15/h5,7-10,16-18H,3-4,6,11-13H2,1-2H3/t16?,17-,18-/m1/s1. The van der Waals surface area contributed by atoms with Gasteiger partial charge in [0.1, 0.15) is 6.10 Å². The van der Waals surface area contributed by atoms with Gasteiger partial charge < -0.3 is 9.47 Å². The maximum Gasteiger partial charge on any atom is 0.302 e. The number of rotatable bonds is 7. The van der Waals surface area contributed by atoms with Gasteiger partial charge in [0.25, 0.3) is 0 Å². The van der Waals surface area contributed by atoms with E-state index in [0.717, 1.165) is 25.7 Å². The van der Waals surface area contributed by atoms with Crippen LogP contribution in [0.25, 0.3) is 0 Å². The van der Waals surface area contributed by atoms with Crippen LogP contribution in [0.1, 0.15) is 64.0 Å². The summed E-state index contributed by atoms with van der Waals surface area (Å²) in [7, 11) is 0. The first-order valence-electron chi connectivity index (χ1n) is 8.08. The maximum absolute atomic E-state index is 11.3. The zero-order valence-electron chi connectivity index (χ0n) is 13.1. The molecule has 0 saturated carbocycles. The highest BCUT2D eigenvalue weighted by Crippen LogP contribution is 2.35. The van der Waals surface area contributed by atoms with E-state index in [1.54, 1.807) is 0 Å². The predicted molar refractivity (Wildman–Crippen MR) is 83.0 cm³/mol. The van der Waals surface area contributed by atoms with Crippen LogP contribution in [-0.4, -0.2) is 18.2 Å². The van der Waals surface area contributed by atoms with Crippen LogP contribution in [0.2, 0.25) is 0 Å². The molecule has 0 bridgehead atoms. The Morgan fingerprint density at radius 1 is 1.29 bits per heavy atom. The monoisotopic (exact) mass is 290 g/mol. The lowest BCUT2D eigenvalue weighted by molar-refractivity contribution is -0.155. The zero-order valence-corrected chi connectivity index (χ0v) is 13.1. The molecule has 3 atom stereocenters. The molecule has 2 rings (SSSR count). The van der Waals surface area contributed by atoms with Crippen LogP contribution in [0.4, 0.5) is 0 Å². The van der Waals surface area contributed by atoms with Gasteiger partial charge in [-0.2, -0.15) is 0 Å². The molecule has 1 unspecified atom stereocenters. The summed E-state index contributed by atoms with van der Waals surface area (Å²) in [4.78, 5) is 11.3. The Morgan fingerprint density at radius 3 is 2.71 bits per heavy atom. The Hall–Kier alpha value is -1.35. The van der Waals surface area contributed by atoms with Crippen molar-refractivity contribution in [1.82, 2.24) is 0 Å². The highest BCUT2D eigenvalue weighted by Gasteiger charge is 2.33. The first-order valence-corrected chi connectivity index (χ1v) is 8.08. The van der Waals surface area contributed by atoms with E-state index in [2.05, 4.69) is 19.1 Å². The lowest BCUT2D eigenvalue weighted by Gasteiger charge is -2.24. The van der Waals surface area contributed by atoms with Gasteiger partial charge in [-0.3, -0.25) is 4.79 Å².